The lowest BCUT2D eigenvalue weighted by molar-refractivity contribution is 0.0787. The molecule has 8 nitrogen and oxygen atoms in total. The number of benzene rings is 1. The van der Waals surface area contributed by atoms with Crippen LogP contribution in [0.15, 0.2) is 42.6 Å². The number of pyridine rings is 2. The average Bonchev–Trinajstić information content (AvgIpc) is 3.16. The second-order valence-corrected chi connectivity index (χ2v) is 8.52. The summed E-state index contributed by atoms with van der Waals surface area (Å²) in [5.41, 5.74) is 6.42. The second kappa shape index (κ2) is 9.61. The molecule has 3 heterocycles. The average molecular weight is 459 g/mol. The van der Waals surface area contributed by atoms with E-state index in [1.54, 1.807) is 36.2 Å². The van der Waals surface area contributed by atoms with E-state index >= 15 is 0 Å². The second-order valence-electron chi connectivity index (χ2n) is 8.52. The van der Waals surface area contributed by atoms with Crippen LogP contribution in [0.4, 0.5) is 0 Å². The lowest BCUT2D eigenvalue weighted by atomic mass is 10.0. The molecule has 0 saturated heterocycles. The first kappa shape index (κ1) is 23.4. The molecule has 4 aromatic rings. The van der Waals surface area contributed by atoms with Crippen LogP contribution in [-0.2, 0) is 19.6 Å². The summed E-state index contributed by atoms with van der Waals surface area (Å²) >= 11 is 0. The van der Waals surface area contributed by atoms with Crippen molar-refractivity contribution >= 4 is 16.8 Å². The van der Waals surface area contributed by atoms with E-state index in [1.165, 1.54) is 0 Å². The van der Waals surface area contributed by atoms with Crippen molar-refractivity contribution in [1.29, 1.82) is 0 Å². The third kappa shape index (κ3) is 4.63. The van der Waals surface area contributed by atoms with Crippen LogP contribution in [0.25, 0.3) is 22.3 Å². The predicted molar refractivity (Wildman–Crippen MR) is 133 cm³/mol. The van der Waals surface area contributed by atoms with Gasteiger partial charge in [-0.15, -0.1) is 0 Å². The summed E-state index contributed by atoms with van der Waals surface area (Å²) < 4.78 is 1.91. The zero-order valence-corrected chi connectivity index (χ0v) is 20.3. The number of hydrogen-bond donors (Lipinski definition) is 2. The summed E-state index contributed by atoms with van der Waals surface area (Å²) in [7, 11) is 3.67. The van der Waals surface area contributed by atoms with Gasteiger partial charge < -0.3 is 15.3 Å². The van der Waals surface area contributed by atoms with Crippen molar-refractivity contribution in [3.8, 4) is 17.1 Å². The molecular formula is C26H30N6O2. The van der Waals surface area contributed by atoms with Crippen molar-refractivity contribution in [3.63, 3.8) is 0 Å². The fraction of sp³-hybridized carbons (Fsp3) is 0.308. The summed E-state index contributed by atoms with van der Waals surface area (Å²) in [5, 5.41) is 18.3. The fourth-order valence-corrected chi connectivity index (χ4v) is 4.19. The van der Waals surface area contributed by atoms with Gasteiger partial charge in [0.15, 0.2) is 0 Å². The molecule has 8 heteroatoms. The Morgan fingerprint density at radius 1 is 1.12 bits per heavy atom. The Morgan fingerprint density at radius 3 is 2.59 bits per heavy atom. The van der Waals surface area contributed by atoms with Crippen LogP contribution in [0.5, 0.6) is 5.75 Å². The smallest absolute Gasteiger partial charge is 0.254 e. The molecule has 0 aliphatic rings. The number of nitrogens with zero attached hydrogens (tertiary/aromatic N) is 5. The monoisotopic (exact) mass is 458 g/mol. The summed E-state index contributed by atoms with van der Waals surface area (Å²) in [5.74, 6) is -0.0743. The minimum absolute atomic E-state index is 0.0869. The molecule has 3 aromatic heterocycles. The lowest BCUT2D eigenvalue weighted by Gasteiger charge is -2.19. The zero-order chi connectivity index (χ0) is 24.4. The van der Waals surface area contributed by atoms with Crippen molar-refractivity contribution in [2.45, 2.75) is 40.4 Å². The number of carbonyl (C=O) groups is 1. The summed E-state index contributed by atoms with van der Waals surface area (Å²) in [6.45, 7) is 7.90. The van der Waals surface area contributed by atoms with E-state index in [0.717, 1.165) is 29.1 Å². The molecule has 176 valence electrons. The maximum Gasteiger partial charge on any atom is 0.254 e. The molecule has 1 aromatic carbocycles. The van der Waals surface area contributed by atoms with Crippen molar-refractivity contribution in [2.24, 2.45) is 0 Å². The highest BCUT2D eigenvalue weighted by molar-refractivity contribution is 6.07. The normalized spacial score (nSPS) is 11.2. The molecule has 0 radical (unpaired) electrons. The topological polar surface area (TPSA) is 96.2 Å². The highest BCUT2D eigenvalue weighted by atomic mass is 16.3. The minimum Gasteiger partial charge on any atom is -0.508 e. The van der Waals surface area contributed by atoms with Gasteiger partial charge in [-0.05, 0) is 69.8 Å². The van der Waals surface area contributed by atoms with Crippen molar-refractivity contribution in [3.05, 3.63) is 70.7 Å². The quantitative estimate of drug-likeness (QED) is 0.437. The predicted octanol–water partition coefficient (Wildman–Crippen LogP) is 3.83. The molecule has 1 amide bonds. The van der Waals surface area contributed by atoms with Crippen LogP contribution in [0.1, 0.15) is 39.8 Å². The number of amides is 1. The Labute approximate surface area is 199 Å². The third-order valence-corrected chi connectivity index (χ3v) is 5.94. The Hall–Kier alpha value is -3.78. The number of aryl methyl sites for hydroxylation is 2. The van der Waals surface area contributed by atoms with Crippen molar-refractivity contribution in [2.75, 3.05) is 14.1 Å². The van der Waals surface area contributed by atoms with E-state index in [0.29, 0.717) is 40.9 Å². The van der Waals surface area contributed by atoms with Crippen molar-refractivity contribution < 1.29 is 9.90 Å². The summed E-state index contributed by atoms with van der Waals surface area (Å²) in [6, 6.07) is 10.7. The minimum atomic E-state index is -0.161. The van der Waals surface area contributed by atoms with E-state index in [-0.39, 0.29) is 11.7 Å². The van der Waals surface area contributed by atoms with Gasteiger partial charge in [-0.2, -0.15) is 5.10 Å². The molecule has 34 heavy (non-hydrogen) atoms. The Morgan fingerprint density at radius 2 is 1.88 bits per heavy atom. The molecule has 0 aliphatic carbocycles. The SMILES string of the molecule is CCn1ncc(CN(C)C(=O)c2cc(-c3cc(CNC)cc(C)n3)nc3ccc(O)cc23)c1C. The molecule has 0 aliphatic heterocycles. The van der Waals surface area contributed by atoms with Crippen molar-refractivity contribution in [1.82, 2.24) is 30.0 Å². The Bertz CT molecular complexity index is 1360. The van der Waals surface area contributed by atoms with Gasteiger partial charge in [0.1, 0.15) is 5.75 Å². The highest BCUT2D eigenvalue weighted by Crippen LogP contribution is 2.28. The van der Waals surface area contributed by atoms with E-state index in [4.69, 9.17) is 4.98 Å². The molecule has 0 spiro atoms. The van der Waals surface area contributed by atoms with Crippen LogP contribution >= 0.6 is 0 Å². The van der Waals surface area contributed by atoms with Crippen LogP contribution in [0.3, 0.4) is 0 Å². The van der Waals surface area contributed by atoms with Gasteiger partial charge in [0.25, 0.3) is 5.91 Å². The first-order chi connectivity index (χ1) is 16.3. The molecule has 2 N–H and O–H groups in total. The lowest BCUT2D eigenvalue weighted by Crippen LogP contribution is -2.27. The number of phenols is 1. The van der Waals surface area contributed by atoms with E-state index < -0.39 is 0 Å². The molecule has 0 unspecified atom stereocenters. The first-order valence-corrected chi connectivity index (χ1v) is 11.3. The van der Waals surface area contributed by atoms with Gasteiger partial charge in [0.2, 0.25) is 0 Å². The van der Waals surface area contributed by atoms with E-state index in [9.17, 15) is 9.90 Å². The van der Waals surface area contributed by atoms with Crippen LogP contribution < -0.4 is 5.32 Å². The first-order valence-electron chi connectivity index (χ1n) is 11.3. The highest BCUT2D eigenvalue weighted by Gasteiger charge is 2.20. The Balaban J connectivity index is 1.78. The number of rotatable bonds is 7. The standard InChI is InChI=1S/C26H30N6O2/c1-6-32-17(3)19(14-28-32)15-31(5)26(34)22-12-25(30-23-8-7-20(33)11-21(22)23)24-10-18(13-27-4)9-16(2)29-24/h7-12,14,27,33H,6,13,15H2,1-5H3. The molecular weight excluding hydrogens is 428 g/mol. The van der Waals surface area contributed by atoms with Crippen LogP contribution in [0.2, 0.25) is 0 Å². The molecule has 0 saturated carbocycles. The largest absolute Gasteiger partial charge is 0.508 e. The number of aromatic nitrogens is 4. The van der Waals surface area contributed by atoms with Gasteiger partial charge in [-0.3, -0.25) is 14.5 Å². The number of aromatic hydroxyl groups is 1. The van der Waals surface area contributed by atoms with Crippen LogP contribution in [0, 0.1) is 13.8 Å². The van der Waals surface area contributed by atoms with Gasteiger partial charge in [0.05, 0.1) is 28.7 Å². The number of fused-ring (bicyclic) bond motifs is 1. The molecule has 0 fully saturated rings. The maximum absolute atomic E-state index is 13.6. The maximum atomic E-state index is 13.6. The third-order valence-electron chi connectivity index (χ3n) is 5.94. The summed E-state index contributed by atoms with van der Waals surface area (Å²) in [6.07, 6.45) is 1.81. The molecule has 0 bridgehead atoms. The van der Waals surface area contributed by atoms with Gasteiger partial charge in [-0.25, -0.2) is 4.98 Å². The van der Waals surface area contributed by atoms with Gasteiger partial charge >= 0.3 is 0 Å². The number of nitrogens with one attached hydrogen (secondary N) is 1. The Kier molecular flexibility index (Phi) is 6.61. The van der Waals surface area contributed by atoms with E-state index in [2.05, 4.69) is 15.4 Å². The fourth-order valence-electron chi connectivity index (χ4n) is 4.19. The molecule has 4 rings (SSSR count). The van der Waals surface area contributed by atoms with Crippen LogP contribution in [-0.4, -0.2) is 49.8 Å². The van der Waals surface area contributed by atoms with Gasteiger partial charge in [-0.1, -0.05) is 0 Å². The number of carbonyl (C=O) groups excluding carboxylic acids is 1. The summed E-state index contributed by atoms with van der Waals surface area (Å²) in [4.78, 5) is 24.7. The number of hydrogen-bond acceptors (Lipinski definition) is 6. The van der Waals surface area contributed by atoms with Gasteiger partial charge in [0, 0.05) is 49.0 Å². The van der Waals surface area contributed by atoms with E-state index in [1.807, 2.05) is 50.8 Å². The molecule has 0 atom stereocenters. The zero-order valence-electron chi connectivity index (χ0n) is 20.3. The number of phenolic OH excluding ortho intramolecular Hbond substituents is 1.